The minimum atomic E-state index is -3.34. The van der Waals surface area contributed by atoms with Gasteiger partial charge in [0.05, 0.1) is 11.4 Å². The Morgan fingerprint density at radius 3 is 2.90 bits per heavy atom. The Morgan fingerprint density at radius 1 is 1.35 bits per heavy atom. The fourth-order valence-electron chi connectivity index (χ4n) is 2.57. The summed E-state index contributed by atoms with van der Waals surface area (Å²) >= 11 is 0. The summed E-state index contributed by atoms with van der Waals surface area (Å²) < 4.78 is 39.3. The lowest BCUT2D eigenvalue weighted by Gasteiger charge is -2.19. The van der Waals surface area contributed by atoms with E-state index in [1.54, 1.807) is 6.07 Å². The predicted octanol–water partition coefficient (Wildman–Crippen LogP) is 1.66. The van der Waals surface area contributed by atoms with Crippen LogP contribution >= 0.6 is 0 Å². The zero-order chi connectivity index (χ0) is 14.2. The highest BCUT2D eigenvalue weighted by molar-refractivity contribution is 7.92. The Labute approximate surface area is 119 Å². The smallest absolute Gasteiger partial charge is 0.235 e. The van der Waals surface area contributed by atoms with Crippen molar-refractivity contribution in [3.05, 3.63) is 29.6 Å². The first-order valence-corrected chi connectivity index (χ1v) is 8.69. The highest BCUT2D eigenvalue weighted by Crippen LogP contribution is 2.31. The van der Waals surface area contributed by atoms with Crippen molar-refractivity contribution in [2.45, 2.75) is 31.7 Å². The molecule has 0 atom stereocenters. The first kappa shape index (κ1) is 13.8. The molecular weight excluding hydrogens is 279 g/mol. The Bertz CT molecular complexity index is 599. The molecular formula is C14H19FN2O2S. The van der Waals surface area contributed by atoms with Gasteiger partial charge < -0.3 is 5.32 Å². The van der Waals surface area contributed by atoms with E-state index < -0.39 is 10.0 Å². The van der Waals surface area contributed by atoms with Gasteiger partial charge in [-0.1, -0.05) is 6.07 Å². The van der Waals surface area contributed by atoms with Gasteiger partial charge in [0.1, 0.15) is 5.82 Å². The number of nitrogens with zero attached hydrogens (tertiary/aromatic N) is 1. The molecule has 3 rings (SSSR count). The predicted molar refractivity (Wildman–Crippen MR) is 76.9 cm³/mol. The van der Waals surface area contributed by atoms with Crippen LogP contribution in [0.4, 0.5) is 10.1 Å². The molecule has 20 heavy (non-hydrogen) atoms. The van der Waals surface area contributed by atoms with Gasteiger partial charge in [0, 0.05) is 12.6 Å². The molecule has 1 fully saturated rings. The van der Waals surface area contributed by atoms with E-state index in [1.165, 1.54) is 29.3 Å². The summed E-state index contributed by atoms with van der Waals surface area (Å²) in [5.74, 6) is -0.274. The lowest BCUT2D eigenvalue weighted by Crippen LogP contribution is -2.32. The fraction of sp³-hybridized carbons (Fsp3) is 0.571. The third-order valence-electron chi connectivity index (χ3n) is 3.83. The minimum Gasteiger partial charge on any atom is -0.314 e. The molecule has 1 N–H and O–H groups in total. The van der Waals surface area contributed by atoms with Crippen molar-refractivity contribution in [2.75, 3.05) is 23.1 Å². The summed E-state index contributed by atoms with van der Waals surface area (Å²) in [6, 6.07) is 4.98. The Kier molecular flexibility index (Phi) is 3.69. The zero-order valence-corrected chi connectivity index (χ0v) is 12.1. The van der Waals surface area contributed by atoms with Gasteiger partial charge in [-0.05, 0) is 49.9 Å². The number of anilines is 1. The fourth-order valence-corrected chi connectivity index (χ4v) is 4.14. The summed E-state index contributed by atoms with van der Waals surface area (Å²) in [4.78, 5) is 0. The van der Waals surface area contributed by atoms with Crippen LogP contribution in [-0.2, 0) is 16.4 Å². The van der Waals surface area contributed by atoms with Gasteiger partial charge in [0.15, 0.2) is 0 Å². The molecule has 1 aromatic rings. The van der Waals surface area contributed by atoms with Crippen molar-refractivity contribution in [3.8, 4) is 0 Å². The molecule has 0 aromatic heterocycles. The van der Waals surface area contributed by atoms with E-state index in [1.807, 2.05) is 0 Å². The summed E-state index contributed by atoms with van der Waals surface area (Å²) in [5.41, 5.74) is 1.42. The molecule has 110 valence electrons. The SMILES string of the molecule is O=S(=O)(CCCNC1CC1)N1CCc2ccc(F)cc21. The van der Waals surface area contributed by atoms with Crippen LogP contribution in [-0.4, -0.2) is 33.3 Å². The quantitative estimate of drug-likeness (QED) is 0.813. The van der Waals surface area contributed by atoms with Gasteiger partial charge in [0.25, 0.3) is 0 Å². The first-order valence-electron chi connectivity index (χ1n) is 7.08. The van der Waals surface area contributed by atoms with E-state index in [4.69, 9.17) is 0 Å². The van der Waals surface area contributed by atoms with Gasteiger partial charge in [0.2, 0.25) is 10.0 Å². The number of hydrogen-bond acceptors (Lipinski definition) is 3. The standard InChI is InChI=1S/C14H19FN2O2S/c15-12-3-2-11-6-8-17(14(11)10-12)20(18,19)9-1-7-16-13-4-5-13/h2-3,10,13,16H,1,4-9H2. The zero-order valence-electron chi connectivity index (χ0n) is 11.3. The van der Waals surface area contributed by atoms with Crippen molar-refractivity contribution >= 4 is 15.7 Å². The van der Waals surface area contributed by atoms with Gasteiger partial charge >= 0.3 is 0 Å². The molecule has 6 heteroatoms. The maximum atomic E-state index is 13.3. The maximum Gasteiger partial charge on any atom is 0.235 e. The second-order valence-corrected chi connectivity index (χ2v) is 7.51. The number of halogens is 1. The maximum absolute atomic E-state index is 13.3. The Hall–Kier alpha value is -1.14. The normalized spacial score (nSPS) is 18.4. The van der Waals surface area contributed by atoms with E-state index in [0.717, 1.165) is 12.1 Å². The highest BCUT2D eigenvalue weighted by Gasteiger charge is 2.29. The van der Waals surface area contributed by atoms with Crippen molar-refractivity contribution in [3.63, 3.8) is 0 Å². The summed E-state index contributed by atoms with van der Waals surface area (Å²) in [5, 5.41) is 3.31. The second kappa shape index (κ2) is 5.33. The monoisotopic (exact) mass is 298 g/mol. The van der Waals surface area contributed by atoms with Gasteiger partial charge in [-0.25, -0.2) is 12.8 Å². The average Bonchev–Trinajstić information content (AvgIpc) is 3.12. The van der Waals surface area contributed by atoms with E-state index in [0.29, 0.717) is 31.1 Å². The van der Waals surface area contributed by atoms with Crippen LogP contribution < -0.4 is 9.62 Å². The largest absolute Gasteiger partial charge is 0.314 e. The summed E-state index contributed by atoms with van der Waals surface area (Å²) in [6.45, 7) is 1.16. The van der Waals surface area contributed by atoms with Crippen LogP contribution in [0.15, 0.2) is 18.2 Å². The molecule has 0 amide bonds. The molecule has 1 aliphatic carbocycles. The van der Waals surface area contributed by atoms with E-state index in [9.17, 15) is 12.8 Å². The van der Waals surface area contributed by atoms with Crippen molar-refractivity contribution in [1.82, 2.24) is 5.32 Å². The lowest BCUT2D eigenvalue weighted by molar-refractivity contribution is 0.584. The topological polar surface area (TPSA) is 49.4 Å². The van der Waals surface area contributed by atoms with E-state index in [2.05, 4.69) is 5.32 Å². The van der Waals surface area contributed by atoms with Crippen LogP contribution in [0.5, 0.6) is 0 Å². The van der Waals surface area contributed by atoms with Gasteiger partial charge in [-0.2, -0.15) is 0 Å². The molecule has 1 aromatic carbocycles. The third kappa shape index (κ3) is 2.96. The van der Waals surface area contributed by atoms with Crippen LogP contribution in [0.2, 0.25) is 0 Å². The van der Waals surface area contributed by atoms with Gasteiger partial charge in [-0.15, -0.1) is 0 Å². The van der Waals surface area contributed by atoms with Crippen LogP contribution in [0.25, 0.3) is 0 Å². The Balaban J connectivity index is 1.64. The molecule has 0 unspecified atom stereocenters. The summed E-state index contributed by atoms with van der Waals surface area (Å²) in [7, 11) is -3.34. The van der Waals surface area contributed by atoms with Crippen LogP contribution in [0.3, 0.4) is 0 Å². The summed E-state index contributed by atoms with van der Waals surface area (Å²) in [6.07, 6.45) is 3.66. The number of nitrogens with one attached hydrogen (secondary N) is 1. The molecule has 0 radical (unpaired) electrons. The number of sulfonamides is 1. The third-order valence-corrected chi connectivity index (χ3v) is 5.68. The molecule has 1 aliphatic heterocycles. The van der Waals surface area contributed by atoms with Crippen molar-refractivity contribution < 1.29 is 12.8 Å². The lowest BCUT2D eigenvalue weighted by atomic mass is 10.2. The van der Waals surface area contributed by atoms with Crippen molar-refractivity contribution in [2.24, 2.45) is 0 Å². The van der Waals surface area contributed by atoms with Crippen molar-refractivity contribution in [1.29, 1.82) is 0 Å². The average molecular weight is 298 g/mol. The number of hydrogen-bond donors (Lipinski definition) is 1. The molecule has 0 saturated heterocycles. The van der Waals surface area contributed by atoms with Crippen LogP contribution in [0.1, 0.15) is 24.8 Å². The van der Waals surface area contributed by atoms with E-state index in [-0.39, 0.29) is 11.6 Å². The molecule has 4 nitrogen and oxygen atoms in total. The molecule has 1 heterocycles. The number of fused-ring (bicyclic) bond motifs is 1. The Morgan fingerprint density at radius 2 is 2.15 bits per heavy atom. The molecule has 2 aliphatic rings. The minimum absolute atomic E-state index is 0.114. The first-order chi connectivity index (χ1) is 9.56. The number of benzene rings is 1. The highest BCUT2D eigenvalue weighted by atomic mass is 32.2. The van der Waals surface area contributed by atoms with Crippen LogP contribution in [0, 0.1) is 5.82 Å². The van der Waals surface area contributed by atoms with Gasteiger partial charge in [-0.3, -0.25) is 4.31 Å². The molecule has 1 saturated carbocycles. The van der Waals surface area contributed by atoms with E-state index >= 15 is 0 Å². The number of rotatable bonds is 6. The molecule has 0 spiro atoms. The second-order valence-electron chi connectivity index (χ2n) is 5.49. The molecule has 0 bridgehead atoms.